The van der Waals surface area contributed by atoms with Crippen molar-refractivity contribution in [2.24, 2.45) is 0 Å². The summed E-state index contributed by atoms with van der Waals surface area (Å²) >= 11 is 1.41. The van der Waals surface area contributed by atoms with Gasteiger partial charge in [0.15, 0.2) is 0 Å². The molecule has 5 heteroatoms. The van der Waals surface area contributed by atoms with Gasteiger partial charge in [-0.3, -0.25) is 4.79 Å². The lowest BCUT2D eigenvalue weighted by Crippen LogP contribution is -2.13. The van der Waals surface area contributed by atoms with E-state index < -0.39 is 0 Å². The van der Waals surface area contributed by atoms with E-state index in [0.717, 1.165) is 16.0 Å². The molecule has 0 radical (unpaired) electrons. The molecule has 3 N–H and O–H groups in total. The maximum absolute atomic E-state index is 12.3. The van der Waals surface area contributed by atoms with Crippen molar-refractivity contribution in [3.8, 4) is 6.07 Å². The first-order valence-electron chi connectivity index (χ1n) is 6.11. The van der Waals surface area contributed by atoms with E-state index >= 15 is 0 Å². The molecule has 20 heavy (non-hydrogen) atoms. The number of nitrogens with one attached hydrogen (secondary N) is 1. The van der Waals surface area contributed by atoms with E-state index in [1.54, 1.807) is 18.2 Å². The van der Waals surface area contributed by atoms with E-state index in [1.807, 2.05) is 20.8 Å². The van der Waals surface area contributed by atoms with Crippen LogP contribution < -0.4 is 11.1 Å². The second-order valence-electron chi connectivity index (χ2n) is 4.63. The minimum atomic E-state index is -0.243. The van der Waals surface area contributed by atoms with Gasteiger partial charge in [0.25, 0.3) is 5.91 Å². The van der Waals surface area contributed by atoms with Crippen LogP contribution in [0, 0.1) is 32.1 Å². The first kappa shape index (κ1) is 14.1. The number of anilines is 2. The Morgan fingerprint density at radius 3 is 2.70 bits per heavy atom. The second kappa shape index (κ2) is 5.35. The number of nitriles is 1. The van der Waals surface area contributed by atoms with Crippen LogP contribution in [0.15, 0.2) is 18.2 Å². The highest BCUT2D eigenvalue weighted by Crippen LogP contribution is 2.32. The summed E-state index contributed by atoms with van der Waals surface area (Å²) in [6.07, 6.45) is 0. The van der Waals surface area contributed by atoms with Gasteiger partial charge in [0, 0.05) is 16.1 Å². The molecular weight excluding hydrogens is 270 g/mol. The molecule has 1 aromatic carbocycles. The van der Waals surface area contributed by atoms with Crippen molar-refractivity contribution in [3.63, 3.8) is 0 Å². The number of thiophene rings is 1. The van der Waals surface area contributed by atoms with Crippen molar-refractivity contribution >= 4 is 27.9 Å². The molecule has 4 nitrogen and oxygen atoms in total. The topological polar surface area (TPSA) is 78.9 Å². The lowest BCUT2D eigenvalue weighted by molar-refractivity contribution is 0.102. The van der Waals surface area contributed by atoms with Crippen molar-refractivity contribution in [2.45, 2.75) is 20.8 Å². The number of amides is 1. The molecule has 0 saturated heterocycles. The zero-order valence-electron chi connectivity index (χ0n) is 11.6. The van der Waals surface area contributed by atoms with Crippen molar-refractivity contribution in [3.05, 3.63) is 45.3 Å². The summed E-state index contributed by atoms with van der Waals surface area (Å²) in [5, 5.41) is 12.6. The van der Waals surface area contributed by atoms with Gasteiger partial charge in [0.2, 0.25) is 0 Å². The normalized spacial score (nSPS) is 10.1. The molecule has 0 aliphatic heterocycles. The summed E-state index contributed by atoms with van der Waals surface area (Å²) in [4.78, 5) is 13.3. The number of hydrogen-bond donors (Lipinski definition) is 2. The van der Waals surface area contributed by atoms with E-state index in [9.17, 15) is 10.1 Å². The summed E-state index contributed by atoms with van der Waals surface area (Å²) in [7, 11) is 0. The van der Waals surface area contributed by atoms with Gasteiger partial charge in [0.05, 0.1) is 5.56 Å². The van der Waals surface area contributed by atoms with Gasteiger partial charge in [0.1, 0.15) is 11.1 Å². The van der Waals surface area contributed by atoms with Gasteiger partial charge in [-0.25, -0.2) is 0 Å². The van der Waals surface area contributed by atoms with Crippen LogP contribution in [0.4, 0.5) is 10.7 Å². The molecular formula is C15H15N3OS. The zero-order chi connectivity index (χ0) is 14.9. The molecule has 0 bridgehead atoms. The number of carbonyl (C=O) groups excluding carboxylic acids is 1. The standard InChI is InChI=1S/C15H15N3OS/c1-8-4-5-11(17)6-12(8)14(19)18-15-13(7-16)9(2)10(3)20-15/h4-6H,17H2,1-3H3,(H,18,19). The highest BCUT2D eigenvalue weighted by molar-refractivity contribution is 7.16. The van der Waals surface area contributed by atoms with Gasteiger partial charge < -0.3 is 11.1 Å². The molecule has 0 aliphatic rings. The number of benzene rings is 1. The molecule has 1 heterocycles. The highest BCUT2D eigenvalue weighted by Gasteiger charge is 2.16. The molecule has 1 aromatic heterocycles. The number of rotatable bonds is 2. The van der Waals surface area contributed by atoms with Crippen LogP contribution >= 0.6 is 11.3 Å². The Hall–Kier alpha value is -2.32. The molecule has 0 fully saturated rings. The second-order valence-corrected chi connectivity index (χ2v) is 5.85. The van der Waals surface area contributed by atoms with E-state index in [0.29, 0.717) is 21.8 Å². The quantitative estimate of drug-likeness (QED) is 0.830. The molecule has 102 valence electrons. The van der Waals surface area contributed by atoms with Crippen LogP contribution in [0.25, 0.3) is 0 Å². The first-order chi connectivity index (χ1) is 9.43. The molecule has 0 atom stereocenters. The Bertz CT molecular complexity index is 725. The number of nitrogen functional groups attached to an aromatic ring is 1. The minimum absolute atomic E-state index is 0.243. The van der Waals surface area contributed by atoms with Crippen LogP contribution in [0.2, 0.25) is 0 Å². The zero-order valence-corrected chi connectivity index (χ0v) is 12.4. The van der Waals surface area contributed by atoms with Gasteiger partial charge in [-0.1, -0.05) is 6.07 Å². The van der Waals surface area contributed by atoms with E-state index in [4.69, 9.17) is 5.73 Å². The summed E-state index contributed by atoms with van der Waals surface area (Å²) in [6, 6.07) is 7.34. The number of hydrogen-bond acceptors (Lipinski definition) is 4. The fourth-order valence-electron chi connectivity index (χ4n) is 1.90. The first-order valence-corrected chi connectivity index (χ1v) is 6.93. The third kappa shape index (κ3) is 2.51. The van der Waals surface area contributed by atoms with Crippen LogP contribution in [-0.2, 0) is 0 Å². The van der Waals surface area contributed by atoms with Gasteiger partial charge >= 0.3 is 0 Å². The Morgan fingerprint density at radius 1 is 1.35 bits per heavy atom. The SMILES string of the molecule is Cc1ccc(N)cc1C(=O)Nc1sc(C)c(C)c1C#N. The number of nitrogens with two attached hydrogens (primary N) is 1. The molecule has 0 unspecified atom stereocenters. The predicted molar refractivity (Wildman–Crippen MR) is 82.1 cm³/mol. The van der Waals surface area contributed by atoms with Gasteiger partial charge in [-0.2, -0.15) is 5.26 Å². The molecule has 0 saturated carbocycles. The Morgan fingerprint density at radius 2 is 2.05 bits per heavy atom. The molecule has 0 aliphatic carbocycles. The molecule has 2 aromatic rings. The summed E-state index contributed by atoms with van der Waals surface area (Å²) in [5.41, 5.74) is 9.07. The Kier molecular flexibility index (Phi) is 3.77. The Balaban J connectivity index is 2.36. The van der Waals surface area contributed by atoms with Gasteiger partial charge in [-0.15, -0.1) is 11.3 Å². The molecule has 0 spiro atoms. The lowest BCUT2D eigenvalue weighted by atomic mass is 10.1. The largest absolute Gasteiger partial charge is 0.399 e. The lowest BCUT2D eigenvalue weighted by Gasteiger charge is -2.07. The average molecular weight is 285 g/mol. The third-order valence-corrected chi connectivity index (χ3v) is 4.35. The van der Waals surface area contributed by atoms with Crippen LogP contribution in [0.1, 0.15) is 31.9 Å². The minimum Gasteiger partial charge on any atom is -0.399 e. The number of carbonyl (C=O) groups is 1. The number of nitrogens with zero attached hydrogens (tertiary/aromatic N) is 1. The fraction of sp³-hybridized carbons (Fsp3) is 0.200. The summed E-state index contributed by atoms with van der Waals surface area (Å²) < 4.78 is 0. The summed E-state index contributed by atoms with van der Waals surface area (Å²) in [6.45, 7) is 5.67. The number of aryl methyl sites for hydroxylation is 2. The molecule has 1 amide bonds. The van der Waals surface area contributed by atoms with E-state index in [-0.39, 0.29) is 5.91 Å². The van der Waals surface area contributed by atoms with Crippen molar-refractivity contribution in [1.82, 2.24) is 0 Å². The van der Waals surface area contributed by atoms with Gasteiger partial charge in [-0.05, 0) is 44.0 Å². The van der Waals surface area contributed by atoms with Crippen molar-refractivity contribution in [1.29, 1.82) is 5.26 Å². The van der Waals surface area contributed by atoms with E-state index in [1.165, 1.54) is 11.3 Å². The van der Waals surface area contributed by atoms with E-state index in [2.05, 4.69) is 11.4 Å². The van der Waals surface area contributed by atoms with Crippen LogP contribution in [0.5, 0.6) is 0 Å². The van der Waals surface area contributed by atoms with Crippen molar-refractivity contribution in [2.75, 3.05) is 11.1 Å². The maximum Gasteiger partial charge on any atom is 0.256 e. The monoisotopic (exact) mass is 285 g/mol. The summed E-state index contributed by atoms with van der Waals surface area (Å²) in [5.74, 6) is -0.243. The smallest absolute Gasteiger partial charge is 0.256 e. The highest BCUT2D eigenvalue weighted by atomic mass is 32.1. The fourth-order valence-corrected chi connectivity index (χ4v) is 2.91. The van der Waals surface area contributed by atoms with Crippen LogP contribution in [-0.4, -0.2) is 5.91 Å². The Labute approximate surface area is 121 Å². The average Bonchev–Trinajstić information content (AvgIpc) is 2.67. The molecule has 2 rings (SSSR count). The predicted octanol–water partition coefficient (Wildman–Crippen LogP) is 3.38. The third-order valence-electron chi connectivity index (χ3n) is 3.23. The van der Waals surface area contributed by atoms with Crippen LogP contribution in [0.3, 0.4) is 0 Å². The maximum atomic E-state index is 12.3. The van der Waals surface area contributed by atoms with Crippen molar-refractivity contribution < 1.29 is 4.79 Å².